The third kappa shape index (κ3) is 4.50. The van der Waals surface area contributed by atoms with Gasteiger partial charge in [-0.15, -0.1) is 0 Å². The molecule has 4 bridgehead atoms. The van der Waals surface area contributed by atoms with Gasteiger partial charge in [0.2, 0.25) is 0 Å². The number of carbonyl (C=O) groups is 1. The number of nitrogens with one attached hydrogen (secondary N) is 1. The smallest absolute Gasteiger partial charge is 0.271 e. The molecule has 1 N–H and O–H groups in total. The van der Waals surface area contributed by atoms with Gasteiger partial charge in [-0.2, -0.15) is 5.10 Å². The van der Waals surface area contributed by atoms with Crippen LogP contribution in [0.2, 0.25) is 0 Å². The fourth-order valence-electron chi connectivity index (χ4n) is 8.77. The summed E-state index contributed by atoms with van der Waals surface area (Å²) in [5, 5.41) is 4.30. The lowest BCUT2D eigenvalue weighted by molar-refractivity contribution is -0.00518. The number of carbonyl (C=O) groups excluding carboxylic acids is 1. The Hall–Kier alpha value is -3.34. The number of aryl methyl sites for hydroxylation is 1. The molecule has 2 aromatic carbocycles. The molecule has 5 aliphatic rings. The van der Waals surface area contributed by atoms with Gasteiger partial charge in [0.15, 0.2) is 0 Å². The summed E-state index contributed by atoms with van der Waals surface area (Å²) < 4.78 is 2.30. The zero-order valence-corrected chi connectivity index (χ0v) is 23.3. The van der Waals surface area contributed by atoms with E-state index in [1.165, 1.54) is 68.4 Å². The second-order valence-corrected chi connectivity index (χ2v) is 12.8. The number of benzene rings is 2. The maximum absolute atomic E-state index is 12.7. The van der Waals surface area contributed by atoms with Gasteiger partial charge in [-0.3, -0.25) is 4.79 Å². The maximum atomic E-state index is 12.7. The van der Waals surface area contributed by atoms with Gasteiger partial charge in [-0.05, 0) is 136 Å². The molecule has 4 saturated carbocycles. The first-order chi connectivity index (χ1) is 19.0. The Morgan fingerprint density at radius 3 is 2.08 bits per heavy atom. The van der Waals surface area contributed by atoms with Gasteiger partial charge >= 0.3 is 0 Å². The second-order valence-electron chi connectivity index (χ2n) is 12.8. The Labute approximate surface area is 232 Å². The number of hydrogen-bond acceptors (Lipinski definition) is 3. The van der Waals surface area contributed by atoms with Gasteiger partial charge < -0.3 is 9.47 Å². The van der Waals surface area contributed by atoms with E-state index in [1.54, 1.807) is 11.8 Å². The van der Waals surface area contributed by atoms with E-state index in [4.69, 9.17) is 0 Å². The predicted molar refractivity (Wildman–Crippen MR) is 158 cm³/mol. The zero-order valence-electron chi connectivity index (χ0n) is 23.3. The van der Waals surface area contributed by atoms with Crippen molar-refractivity contribution in [3.8, 4) is 5.69 Å². The molecule has 3 aromatic rings. The Balaban J connectivity index is 1.04. The van der Waals surface area contributed by atoms with Crippen LogP contribution >= 0.6 is 0 Å². The largest absolute Gasteiger partial charge is 0.372 e. The van der Waals surface area contributed by atoms with Crippen LogP contribution in [-0.4, -0.2) is 29.8 Å². The van der Waals surface area contributed by atoms with Gasteiger partial charge in [-0.25, -0.2) is 5.43 Å². The molecule has 1 saturated heterocycles. The zero-order chi connectivity index (χ0) is 26.6. The minimum absolute atomic E-state index is 0.187. The first-order valence-corrected chi connectivity index (χ1v) is 15.0. The first kappa shape index (κ1) is 24.7. The van der Waals surface area contributed by atoms with Gasteiger partial charge in [0, 0.05) is 47.0 Å². The summed E-state index contributed by atoms with van der Waals surface area (Å²) in [4.78, 5) is 15.0. The van der Waals surface area contributed by atoms with Crippen molar-refractivity contribution in [1.29, 1.82) is 0 Å². The van der Waals surface area contributed by atoms with Crippen LogP contribution in [-0.2, 0) is 5.41 Å². The molecule has 5 heteroatoms. The quantitative estimate of drug-likeness (QED) is 0.283. The average molecular weight is 521 g/mol. The molecule has 1 aromatic heterocycles. The molecule has 5 nitrogen and oxygen atoms in total. The van der Waals surface area contributed by atoms with Crippen LogP contribution in [0, 0.1) is 31.6 Å². The number of hydrogen-bond donors (Lipinski definition) is 1. The normalized spacial score (nSPS) is 27.5. The van der Waals surface area contributed by atoms with Crippen LogP contribution in [0.15, 0.2) is 59.7 Å². The maximum Gasteiger partial charge on any atom is 0.271 e. The highest BCUT2D eigenvalue weighted by Gasteiger charge is 2.51. The molecule has 39 heavy (non-hydrogen) atoms. The number of aromatic nitrogens is 1. The van der Waals surface area contributed by atoms with Crippen molar-refractivity contribution in [2.75, 3.05) is 18.0 Å². The minimum Gasteiger partial charge on any atom is -0.372 e. The fraction of sp³-hybridized carbons (Fsp3) is 0.471. The molecule has 1 aliphatic heterocycles. The molecule has 8 rings (SSSR count). The molecule has 202 valence electrons. The van der Waals surface area contributed by atoms with E-state index in [0.717, 1.165) is 42.1 Å². The molecule has 0 atom stereocenters. The molecule has 0 radical (unpaired) electrons. The van der Waals surface area contributed by atoms with E-state index in [-0.39, 0.29) is 5.91 Å². The summed E-state index contributed by atoms with van der Waals surface area (Å²) in [6.45, 7) is 6.46. The van der Waals surface area contributed by atoms with Crippen LogP contribution in [0.1, 0.15) is 84.2 Å². The third-order valence-electron chi connectivity index (χ3n) is 10.2. The van der Waals surface area contributed by atoms with Crippen LogP contribution in [0.4, 0.5) is 5.69 Å². The van der Waals surface area contributed by atoms with Crippen molar-refractivity contribution >= 4 is 17.8 Å². The lowest BCUT2D eigenvalue weighted by Crippen LogP contribution is -2.48. The van der Waals surface area contributed by atoms with E-state index in [2.05, 4.69) is 64.2 Å². The first-order valence-electron chi connectivity index (χ1n) is 15.0. The molecule has 4 aliphatic carbocycles. The van der Waals surface area contributed by atoms with Crippen LogP contribution in [0.3, 0.4) is 0 Å². The Kier molecular flexibility index (Phi) is 6.13. The van der Waals surface area contributed by atoms with Crippen molar-refractivity contribution < 1.29 is 4.79 Å². The van der Waals surface area contributed by atoms with E-state index >= 15 is 0 Å². The SMILES string of the molecule is Cc1cc(/C=N\NC(=O)c2ccc(N3CCCC3)cc2)c(C)n1-c1ccc(C23CC4CC(CC(C4)C2)C3)cc1. The van der Waals surface area contributed by atoms with Gasteiger partial charge in [0.25, 0.3) is 5.91 Å². The number of nitrogens with zero attached hydrogens (tertiary/aromatic N) is 3. The molecule has 0 unspecified atom stereocenters. The van der Waals surface area contributed by atoms with Crippen molar-refractivity contribution in [3.63, 3.8) is 0 Å². The Bertz CT molecular complexity index is 1360. The summed E-state index contributed by atoms with van der Waals surface area (Å²) in [7, 11) is 0. The van der Waals surface area contributed by atoms with Gasteiger partial charge in [0.05, 0.1) is 6.21 Å². The summed E-state index contributed by atoms with van der Waals surface area (Å²) in [6, 6.07) is 19.4. The number of amides is 1. The monoisotopic (exact) mass is 520 g/mol. The van der Waals surface area contributed by atoms with E-state index in [1.807, 2.05) is 24.3 Å². The second kappa shape index (κ2) is 9.69. The fourth-order valence-corrected chi connectivity index (χ4v) is 8.77. The molecular weight excluding hydrogens is 480 g/mol. The van der Waals surface area contributed by atoms with Crippen molar-refractivity contribution in [2.45, 2.75) is 70.6 Å². The van der Waals surface area contributed by atoms with Gasteiger partial charge in [-0.1, -0.05) is 12.1 Å². The average Bonchev–Trinajstić information content (AvgIpc) is 3.56. The van der Waals surface area contributed by atoms with Crippen LogP contribution in [0.25, 0.3) is 5.69 Å². The highest BCUT2D eigenvalue weighted by molar-refractivity contribution is 5.95. The molecular formula is C34H40N4O. The summed E-state index contributed by atoms with van der Waals surface area (Å²) in [5.74, 6) is 2.69. The van der Waals surface area contributed by atoms with Crippen LogP contribution < -0.4 is 10.3 Å². The summed E-state index contributed by atoms with van der Waals surface area (Å²) >= 11 is 0. The van der Waals surface area contributed by atoms with E-state index in [9.17, 15) is 4.79 Å². The lowest BCUT2D eigenvalue weighted by Gasteiger charge is -2.57. The van der Waals surface area contributed by atoms with E-state index < -0.39 is 0 Å². The standard InChI is InChI=1S/C34H40N4O/c1-23-15-29(22-35-36-33(39)28-5-9-31(10-6-28)37-13-3-4-14-37)24(2)38(23)32-11-7-30(8-12-32)34-19-25-16-26(20-34)18-27(17-25)21-34/h5-12,15,22,25-27H,3-4,13-14,16-21H2,1-2H3,(H,36,39)/b35-22-. The molecule has 2 heterocycles. The van der Waals surface area contributed by atoms with Crippen molar-refractivity contribution in [3.05, 3.63) is 82.7 Å². The Morgan fingerprint density at radius 2 is 1.46 bits per heavy atom. The third-order valence-corrected chi connectivity index (χ3v) is 10.2. The number of anilines is 1. The Morgan fingerprint density at radius 1 is 0.872 bits per heavy atom. The van der Waals surface area contributed by atoms with Crippen molar-refractivity contribution in [1.82, 2.24) is 9.99 Å². The van der Waals surface area contributed by atoms with Crippen LogP contribution in [0.5, 0.6) is 0 Å². The number of rotatable bonds is 6. The number of hydrazone groups is 1. The molecule has 1 amide bonds. The lowest BCUT2D eigenvalue weighted by atomic mass is 9.48. The van der Waals surface area contributed by atoms with Gasteiger partial charge in [0.1, 0.15) is 0 Å². The molecule has 5 fully saturated rings. The predicted octanol–water partition coefficient (Wildman–Crippen LogP) is 6.93. The summed E-state index contributed by atoms with van der Waals surface area (Å²) in [6.07, 6.45) is 12.9. The van der Waals surface area contributed by atoms with E-state index in [0.29, 0.717) is 11.0 Å². The molecule has 0 spiro atoms. The van der Waals surface area contributed by atoms with Crippen molar-refractivity contribution in [2.24, 2.45) is 22.9 Å². The minimum atomic E-state index is -0.187. The highest BCUT2D eigenvalue weighted by Crippen LogP contribution is 2.60. The summed E-state index contributed by atoms with van der Waals surface area (Å²) in [5.41, 5.74) is 11.0. The highest BCUT2D eigenvalue weighted by atomic mass is 16.2. The topological polar surface area (TPSA) is 49.6 Å².